The number of anilines is 1. The maximum atomic E-state index is 5.33. The van der Waals surface area contributed by atoms with Crippen molar-refractivity contribution in [3.8, 4) is 0 Å². The number of hydrogen-bond donors (Lipinski definition) is 1. The number of aromatic nitrogens is 2. The van der Waals surface area contributed by atoms with Gasteiger partial charge < -0.3 is 14.6 Å². The normalized spacial score (nSPS) is 20.7. The SMILES string of the molecule is CCCCn1ccnc1NC1CCOC1. The molecular weight excluding hydrogens is 190 g/mol. The molecule has 0 spiro atoms. The van der Waals surface area contributed by atoms with Gasteiger partial charge >= 0.3 is 0 Å². The summed E-state index contributed by atoms with van der Waals surface area (Å²) in [4.78, 5) is 4.33. The predicted octanol–water partition coefficient (Wildman–Crippen LogP) is 1.88. The smallest absolute Gasteiger partial charge is 0.203 e. The van der Waals surface area contributed by atoms with E-state index in [2.05, 4.69) is 21.8 Å². The highest BCUT2D eigenvalue weighted by Crippen LogP contribution is 2.12. The third-order valence-corrected chi connectivity index (χ3v) is 2.73. The maximum Gasteiger partial charge on any atom is 0.203 e. The van der Waals surface area contributed by atoms with Crippen LogP contribution < -0.4 is 5.32 Å². The van der Waals surface area contributed by atoms with E-state index in [1.807, 2.05) is 12.4 Å². The van der Waals surface area contributed by atoms with Gasteiger partial charge in [0.1, 0.15) is 0 Å². The van der Waals surface area contributed by atoms with Crippen LogP contribution in [0.5, 0.6) is 0 Å². The molecule has 1 aliphatic heterocycles. The molecule has 2 heterocycles. The zero-order chi connectivity index (χ0) is 10.5. The van der Waals surface area contributed by atoms with Crippen molar-refractivity contribution < 1.29 is 4.74 Å². The number of imidazole rings is 1. The van der Waals surface area contributed by atoms with Gasteiger partial charge in [-0.3, -0.25) is 0 Å². The Hall–Kier alpha value is -1.03. The molecule has 1 aliphatic rings. The van der Waals surface area contributed by atoms with Crippen molar-refractivity contribution in [2.24, 2.45) is 0 Å². The molecule has 0 radical (unpaired) electrons. The van der Waals surface area contributed by atoms with Gasteiger partial charge in [0.2, 0.25) is 5.95 Å². The Morgan fingerprint density at radius 3 is 3.33 bits per heavy atom. The lowest BCUT2D eigenvalue weighted by Gasteiger charge is -2.13. The molecule has 0 saturated carbocycles. The van der Waals surface area contributed by atoms with E-state index in [4.69, 9.17) is 4.74 Å². The minimum atomic E-state index is 0.438. The number of aryl methyl sites for hydroxylation is 1. The van der Waals surface area contributed by atoms with Gasteiger partial charge in [0.05, 0.1) is 12.6 Å². The number of rotatable bonds is 5. The van der Waals surface area contributed by atoms with Crippen molar-refractivity contribution >= 4 is 5.95 Å². The molecule has 15 heavy (non-hydrogen) atoms. The second-order valence-corrected chi connectivity index (χ2v) is 4.00. The number of ether oxygens (including phenoxy) is 1. The van der Waals surface area contributed by atoms with Crippen LogP contribution in [0.4, 0.5) is 5.95 Å². The molecule has 2 rings (SSSR count). The summed E-state index contributed by atoms with van der Waals surface area (Å²) in [6, 6.07) is 0.438. The topological polar surface area (TPSA) is 39.1 Å². The van der Waals surface area contributed by atoms with E-state index >= 15 is 0 Å². The summed E-state index contributed by atoms with van der Waals surface area (Å²) in [5.41, 5.74) is 0. The lowest BCUT2D eigenvalue weighted by atomic mass is 10.3. The quantitative estimate of drug-likeness (QED) is 0.804. The zero-order valence-electron chi connectivity index (χ0n) is 9.28. The van der Waals surface area contributed by atoms with Crippen LogP contribution in [0.25, 0.3) is 0 Å². The van der Waals surface area contributed by atoms with Gasteiger partial charge in [-0.2, -0.15) is 0 Å². The van der Waals surface area contributed by atoms with Crippen LogP contribution in [0, 0.1) is 0 Å². The summed E-state index contributed by atoms with van der Waals surface area (Å²) in [7, 11) is 0. The molecule has 0 bridgehead atoms. The molecule has 1 aromatic rings. The van der Waals surface area contributed by atoms with Crippen LogP contribution in [-0.2, 0) is 11.3 Å². The van der Waals surface area contributed by atoms with Crippen molar-refractivity contribution in [3.05, 3.63) is 12.4 Å². The molecule has 1 atom stereocenters. The maximum absolute atomic E-state index is 5.33. The lowest BCUT2D eigenvalue weighted by molar-refractivity contribution is 0.195. The van der Waals surface area contributed by atoms with Crippen LogP contribution in [0.15, 0.2) is 12.4 Å². The minimum absolute atomic E-state index is 0.438. The molecule has 1 unspecified atom stereocenters. The monoisotopic (exact) mass is 209 g/mol. The average Bonchev–Trinajstić information content (AvgIpc) is 2.87. The van der Waals surface area contributed by atoms with Gasteiger partial charge in [0.25, 0.3) is 0 Å². The number of nitrogens with one attached hydrogen (secondary N) is 1. The van der Waals surface area contributed by atoms with E-state index in [9.17, 15) is 0 Å². The van der Waals surface area contributed by atoms with Crippen molar-refractivity contribution in [2.75, 3.05) is 18.5 Å². The third-order valence-electron chi connectivity index (χ3n) is 2.73. The van der Waals surface area contributed by atoms with Gasteiger partial charge in [-0.05, 0) is 12.8 Å². The summed E-state index contributed by atoms with van der Waals surface area (Å²) < 4.78 is 7.51. The van der Waals surface area contributed by atoms with Crippen LogP contribution in [-0.4, -0.2) is 28.8 Å². The number of hydrogen-bond acceptors (Lipinski definition) is 3. The average molecular weight is 209 g/mol. The summed E-state index contributed by atoms with van der Waals surface area (Å²) in [6.07, 6.45) is 7.39. The first-order valence-corrected chi connectivity index (χ1v) is 5.75. The largest absolute Gasteiger partial charge is 0.379 e. The third kappa shape index (κ3) is 2.72. The molecule has 0 aromatic carbocycles. The van der Waals surface area contributed by atoms with Crippen molar-refractivity contribution in [3.63, 3.8) is 0 Å². The predicted molar refractivity (Wildman–Crippen MR) is 60.0 cm³/mol. The summed E-state index contributed by atoms with van der Waals surface area (Å²) >= 11 is 0. The fraction of sp³-hybridized carbons (Fsp3) is 0.727. The molecule has 1 fully saturated rings. The zero-order valence-corrected chi connectivity index (χ0v) is 9.28. The molecular formula is C11H19N3O. The molecule has 1 aromatic heterocycles. The van der Waals surface area contributed by atoms with Gasteiger partial charge in [-0.25, -0.2) is 4.98 Å². The Balaban J connectivity index is 1.91. The van der Waals surface area contributed by atoms with E-state index in [0.717, 1.165) is 32.1 Å². The minimum Gasteiger partial charge on any atom is -0.379 e. The summed E-state index contributed by atoms with van der Waals surface area (Å²) in [6.45, 7) is 4.93. The van der Waals surface area contributed by atoms with E-state index < -0.39 is 0 Å². The van der Waals surface area contributed by atoms with Crippen molar-refractivity contribution in [1.82, 2.24) is 9.55 Å². The first kappa shape index (κ1) is 10.5. The Morgan fingerprint density at radius 1 is 1.67 bits per heavy atom. The lowest BCUT2D eigenvalue weighted by Crippen LogP contribution is -2.21. The highest BCUT2D eigenvalue weighted by Gasteiger charge is 2.16. The van der Waals surface area contributed by atoms with Crippen LogP contribution in [0.3, 0.4) is 0 Å². The van der Waals surface area contributed by atoms with Gasteiger partial charge in [-0.15, -0.1) is 0 Å². The molecule has 4 heteroatoms. The highest BCUT2D eigenvalue weighted by molar-refractivity contribution is 5.27. The number of nitrogens with zero attached hydrogens (tertiary/aromatic N) is 2. The standard InChI is InChI=1S/C11H19N3O/c1-2-3-6-14-7-5-12-11(14)13-10-4-8-15-9-10/h5,7,10H,2-4,6,8-9H2,1H3,(H,12,13). The van der Waals surface area contributed by atoms with Crippen LogP contribution >= 0.6 is 0 Å². The Morgan fingerprint density at radius 2 is 2.60 bits per heavy atom. The molecule has 4 nitrogen and oxygen atoms in total. The van der Waals surface area contributed by atoms with Crippen molar-refractivity contribution in [2.45, 2.75) is 38.8 Å². The number of unbranched alkanes of at least 4 members (excludes halogenated alkanes) is 1. The van der Waals surface area contributed by atoms with Crippen molar-refractivity contribution in [1.29, 1.82) is 0 Å². The first-order valence-electron chi connectivity index (χ1n) is 5.75. The first-order chi connectivity index (χ1) is 7.40. The van der Waals surface area contributed by atoms with E-state index in [-0.39, 0.29) is 0 Å². The molecule has 0 aliphatic carbocycles. The Labute approximate surface area is 90.6 Å². The second-order valence-electron chi connectivity index (χ2n) is 4.00. The molecule has 1 saturated heterocycles. The summed E-state index contributed by atoms with van der Waals surface area (Å²) in [5.74, 6) is 0.985. The van der Waals surface area contributed by atoms with Gasteiger partial charge in [-0.1, -0.05) is 13.3 Å². The van der Waals surface area contributed by atoms with Crippen LogP contribution in [0.2, 0.25) is 0 Å². The fourth-order valence-corrected chi connectivity index (χ4v) is 1.79. The molecule has 0 amide bonds. The van der Waals surface area contributed by atoms with E-state index in [0.29, 0.717) is 6.04 Å². The van der Waals surface area contributed by atoms with Gasteiger partial charge in [0, 0.05) is 25.5 Å². The van der Waals surface area contributed by atoms with Crippen LogP contribution in [0.1, 0.15) is 26.2 Å². The second kappa shape index (κ2) is 5.16. The Bertz CT molecular complexity index is 292. The van der Waals surface area contributed by atoms with Gasteiger partial charge in [0.15, 0.2) is 0 Å². The fourth-order valence-electron chi connectivity index (χ4n) is 1.79. The van der Waals surface area contributed by atoms with E-state index in [1.54, 1.807) is 0 Å². The Kier molecular flexibility index (Phi) is 3.61. The highest BCUT2D eigenvalue weighted by atomic mass is 16.5. The summed E-state index contributed by atoms with van der Waals surface area (Å²) in [5, 5.41) is 3.43. The van der Waals surface area contributed by atoms with E-state index in [1.165, 1.54) is 12.8 Å². The molecule has 84 valence electrons. The molecule has 1 N–H and O–H groups in total.